The van der Waals surface area contributed by atoms with Crippen molar-refractivity contribution >= 4 is 23.1 Å². The topological polar surface area (TPSA) is 87.4 Å². The van der Waals surface area contributed by atoms with E-state index in [0.29, 0.717) is 48.0 Å². The molecule has 194 valence electrons. The molecule has 2 aromatic carbocycles. The third kappa shape index (κ3) is 4.78. The smallest absolute Gasteiger partial charge is 0.295 e. The Hall–Kier alpha value is -4.43. The molecule has 1 unspecified atom stereocenters. The van der Waals surface area contributed by atoms with Crippen molar-refractivity contribution in [2.45, 2.75) is 19.6 Å². The maximum Gasteiger partial charge on any atom is 0.295 e. The first-order chi connectivity index (χ1) is 18.3. The molecule has 0 radical (unpaired) electrons. The van der Waals surface area contributed by atoms with Crippen LogP contribution in [0.5, 0.6) is 5.75 Å². The highest BCUT2D eigenvalue weighted by molar-refractivity contribution is 6.46. The fourth-order valence-electron chi connectivity index (χ4n) is 4.81. The van der Waals surface area contributed by atoms with Gasteiger partial charge in [0.05, 0.1) is 17.3 Å². The third-order valence-electron chi connectivity index (χ3n) is 6.68. The van der Waals surface area contributed by atoms with E-state index in [1.807, 2.05) is 91.8 Å². The monoisotopic (exact) mass is 510 g/mol. The lowest BCUT2D eigenvalue weighted by molar-refractivity contribution is -0.140. The number of likely N-dealkylation sites (tertiary alicyclic amines) is 1. The quantitative estimate of drug-likeness (QED) is 0.217. The molecule has 1 aliphatic heterocycles. The van der Waals surface area contributed by atoms with Gasteiger partial charge in [-0.05, 0) is 56.4 Å². The lowest BCUT2D eigenvalue weighted by Gasteiger charge is -2.27. The average molecular weight is 511 g/mol. The van der Waals surface area contributed by atoms with Gasteiger partial charge in [-0.1, -0.05) is 48.5 Å². The first-order valence-electron chi connectivity index (χ1n) is 12.5. The molecule has 3 heterocycles. The Bertz CT molecular complexity index is 1520. The van der Waals surface area contributed by atoms with Gasteiger partial charge in [0.2, 0.25) is 0 Å². The van der Waals surface area contributed by atoms with Crippen molar-refractivity contribution in [3.05, 3.63) is 107 Å². The van der Waals surface area contributed by atoms with Gasteiger partial charge in [-0.2, -0.15) is 0 Å². The summed E-state index contributed by atoms with van der Waals surface area (Å²) in [7, 11) is 3.82. The molecular weight excluding hydrogens is 480 g/mol. The number of aliphatic hydroxyl groups is 1. The number of fused-ring (bicyclic) bond motifs is 1. The second kappa shape index (κ2) is 10.5. The number of aliphatic hydroxyl groups excluding tert-OH is 1. The van der Waals surface area contributed by atoms with E-state index in [9.17, 15) is 14.7 Å². The van der Waals surface area contributed by atoms with Crippen molar-refractivity contribution in [1.29, 1.82) is 0 Å². The summed E-state index contributed by atoms with van der Waals surface area (Å²) in [6.45, 7) is 3.03. The van der Waals surface area contributed by atoms with Crippen LogP contribution in [0.25, 0.3) is 11.4 Å². The number of carbonyl (C=O) groups excluding carboxylic acids is 2. The van der Waals surface area contributed by atoms with E-state index in [4.69, 9.17) is 4.74 Å². The number of pyridine rings is 1. The van der Waals surface area contributed by atoms with E-state index in [2.05, 4.69) is 4.98 Å². The van der Waals surface area contributed by atoms with Gasteiger partial charge in [0, 0.05) is 19.3 Å². The molecule has 1 atom stereocenters. The van der Waals surface area contributed by atoms with Crippen molar-refractivity contribution in [2.24, 2.45) is 0 Å². The fourth-order valence-corrected chi connectivity index (χ4v) is 4.81. The van der Waals surface area contributed by atoms with Crippen molar-refractivity contribution in [1.82, 2.24) is 19.2 Å². The summed E-state index contributed by atoms with van der Waals surface area (Å²) in [5, 5.41) is 11.6. The minimum Gasteiger partial charge on any atom is -0.505 e. The molecule has 2 aromatic heterocycles. The number of amides is 1. The van der Waals surface area contributed by atoms with Crippen LogP contribution in [0.4, 0.5) is 0 Å². The molecule has 8 nitrogen and oxygen atoms in total. The van der Waals surface area contributed by atoms with Gasteiger partial charge in [-0.15, -0.1) is 0 Å². The number of rotatable bonds is 8. The SMILES string of the molecule is Cc1nc2ccccn2c1/C(O)=C1\C(=O)C(=O)N(CCN(C)C)C1c1cccc(OCc2ccccc2)c1. The zero-order chi connectivity index (χ0) is 26.8. The molecule has 1 saturated heterocycles. The van der Waals surface area contributed by atoms with E-state index >= 15 is 0 Å². The van der Waals surface area contributed by atoms with E-state index in [1.165, 1.54) is 4.90 Å². The number of aryl methyl sites for hydroxylation is 1. The Morgan fingerprint density at radius 2 is 1.79 bits per heavy atom. The Balaban J connectivity index is 1.60. The standard InChI is InChI=1S/C30H30N4O4/c1-20-26(33-15-8-7-14-24(33)31-20)28(35)25-27(34(17-16-32(2)3)30(37)29(25)36)22-12-9-13-23(18-22)38-19-21-10-5-4-6-11-21/h4-15,18,27,35H,16-17,19H2,1-3H3/b28-25+. The van der Waals surface area contributed by atoms with Crippen LogP contribution in [-0.4, -0.2) is 63.2 Å². The van der Waals surface area contributed by atoms with Crippen LogP contribution in [0.3, 0.4) is 0 Å². The molecule has 0 spiro atoms. The fraction of sp³-hybridized carbons (Fsp3) is 0.233. The lowest BCUT2D eigenvalue weighted by atomic mass is 9.96. The maximum atomic E-state index is 13.4. The summed E-state index contributed by atoms with van der Waals surface area (Å²) < 4.78 is 7.77. The zero-order valence-corrected chi connectivity index (χ0v) is 21.7. The molecule has 1 amide bonds. The van der Waals surface area contributed by atoms with Crippen LogP contribution < -0.4 is 4.74 Å². The first-order valence-corrected chi connectivity index (χ1v) is 12.5. The van der Waals surface area contributed by atoms with Crippen molar-refractivity contribution < 1.29 is 19.4 Å². The van der Waals surface area contributed by atoms with Crippen molar-refractivity contribution in [2.75, 3.05) is 27.2 Å². The van der Waals surface area contributed by atoms with Crippen LogP contribution in [0, 0.1) is 6.92 Å². The van der Waals surface area contributed by atoms with Crippen molar-refractivity contribution in [3.8, 4) is 5.75 Å². The number of hydrogen-bond acceptors (Lipinski definition) is 6. The highest BCUT2D eigenvalue weighted by Crippen LogP contribution is 2.40. The van der Waals surface area contributed by atoms with Crippen LogP contribution in [-0.2, 0) is 16.2 Å². The number of benzene rings is 2. The van der Waals surface area contributed by atoms with Crippen LogP contribution in [0.2, 0.25) is 0 Å². The molecule has 1 fully saturated rings. The third-order valence-corrected chi connectivity index (χ3v) is 6.68. The number of Topliss-reactive ketones (excluding diaryl/α,β-unsaturated/α-hetero) is 1. The van der Waals surface area contributed by atoms with Gasteiger partial charge in [0.1, 0.15) is 23.7 Å². The first kappa shape index (κ1) is 25.2. The number of ether oxygens (including phenoxy) is 1. The van der Waals surface area contributed by atoms with Gasteiger partial charge in [0.25, 0.3) is 11.7 Å². The van der Waals surface area contributed by atoms with E-state index in [1.54, 1.807) is 17.5 Å². The second-order valence-corrected chi connectivity index (χ2v) is 9.62. The summed E-state index contributed by atoms with van der Waals surface area (Å²) >= 11 is 0. The molecule has 1 N–H and O–H groups in total. The normalized spacial score (nSPS) is 17.1. The molecule has 0 bridgehead atoms. The van der Waals surface area contributed by atoms with Crippen molar-refractivity contribution in [3.63, 3.8) is 0 Å². The summed E-state index contributed by atoms with van der Waals surface area (Å²) in [6.07, 6.45) is 1.78. The second-order valence-electron chi connectivity index (χ2n) is 9.62. The van der Waals surface area contributed by atoms with E-state index in [-0.39, 0.29) is 11.3 Å². The number of ketones is 1. The summed E-state index contributed by atoms with van der Waals surface area (Å²) in [4.78, 5) is 34.7. The van der Waals surface area contributed by atoms with Gasteiger partial charge < -0.3 is 19.6 Å². The lowest BCUT2D eigenvalue weighted by Crippen LogP contribution is -2.35. The summed E-state index contributed by atoms with van der Waals surface area (Å²) in [5.41, 5.74) is 3.35. The van der Waals surface area contributed by atoms with Gasteiger partial charge in [-0.25, -0.2) is 4.98 Å². The number of imidazole rings is 1. The van der Waals surface area contributed by atoms with E-state index in [0.717, 1.165) is 5.56 Å². The highest BCUT2D eigenvalue weighted by atomic mass is 16.5. The minimum atomic E-state index is -0.774. The predicted octanol–water partition coefficient (Wildman–Crippen LogP) is 4.21. The van der Waals surface area contributed by atoms with Crippen LogP contribution >= 0.6 is 0 Å². The molecule has 38 heavy (non-hydrogen) atoms. The van der Waals surface area contributed by atoms with E-state index < -0.39 is 17.7 Å². The number of aromatic nitrogens is 2. The molecule has 1 aliphatic rings. The Morgan fingerprint density at radius 3 is 2.55 bits per heavy atom. The maximum absolute atomic E-state index is 13.4. The van der Waals surface area contributed by atoms with Gasteiger partial charge >= 0.3 is 0 Å². The molecular formula is C30H30N4O4. The molecule has 4 aromatic rings. The molecule has 5 rings (SSSR count). The molecule has 0 aliphatic carbocycles. The molecule has 8 heteroatoms. The average Bonchev–Trinajstić information content (AvgIpc) is 3.39. The van der Waals surface area contributed by atoms with Crippen LogP contribution in [0.1, 0.15) is 28.6 Å². The Morgan fingerprint density at radius 1 is 1.03 bits per heavy atom. The summed E-state index contributed by atoms with van der Waals surface area (Å²) in [6, 6.07) is 21.9. The zero-order valence-electron chi connectivity index (χ0n) is 21.7. The van der Waals surface area contributed by atoms with Gasteiger partial charge in [0.15, 0.2) is 5.76 Å². The Labute approximate surface area is 221 Å². The number of nitrogens with zero attached hydrogens (tertiary/aromatic N) is 4. The largest absolute Gasteiger partial charge is 0.505 e. The summed E-state index contributed by atoms with van der Waals surface area (Å²) in [5.74, 6) is -0.990. The number of carbonyl (C=O) groups is 2. The Kier molecular flexibility index (Phi) is 6.98. The number of likely N-dealkylation sites (N-methyl/N-ethyl adjacent to an activating group) is 1. The number of hydrogen-bond donors (Lipinski definition) is 1. The van der Waals surface area contributed by atoms with Gasteiger partial charge in [-0.3, -0.25) is 14.0 Å². The predicted molar refractivity (Wildman–Crippen MR) is 145 cm³/mol. The van der Waals surface area contributed by atoms with Crippen LogP contribution in [0.15, 0.2) is 84.6 Å². The highest BCUT2D eigenvalue weighted by Gasteiger charge is 2.46. The minimum absolute atomic E-state index is 0.0442. The molecule has 0 saturated carbocycles.